The maximum atomic E-state index is 13.0. The SMILES string of the molecule is COc1ccc(-c2cc(-c3ccccc3O)nc(NS(=O)(=O)c3ccc(NC(C)=O)cc3)n2)cc1. The van der Waals surface area contributed by atoms with Gasteiger partial charge in [0, 0.05) is 23.7 Å². The molecule has 35 heavy (non-hydrogen) atoms. The molecule has 10 heteroatoms. The number of nitrogens with zero attached hydrogens (tertiary/aromatic N) is 2. The van der Waals surface area contributed by atoms with E-state index in [1.165, 1.54) is 37.3 Å². The third-order valence-corrected chi connectivity index (χ3v) is 6.35. The van der Waals surface area contributed by atoms with Gasteiger partial charge in [0.05, 0.1) is 23.4 Å². The molecule has 0 aliphatic carbocycles. The first kappa shape index (κ1) is 23.7. The van der Waals surface area contributed by atoms with Crippen molar-refractivity contribution in [3.05, 3.63) is 78.9 Å². The first-order chi connectivity index (χ1) is 16.7. The Morgan fingerprint density at radius 1 is 0.914 bits per heavy atom. The van der Waals surface area contributed by atoms with Crippen LogP contribution in [0.2, 0.25) is 0 Å². The number of carbonyl (C=O) groups is 1. The molecule has 0 saturated carbocycles. The van der Waals surface area contributed by atoms with E-state index in [2.05, 4.69) is 20.0 Å². The Morgan fingerprint density at radius 3 is 2.20 bits per heavy atom. The minimum atomic E-state index is -4.05. The maximum Gasteiger partial charge on any atom is 0.264 e. The first-order valence-corrected chi connectivity index (χ1v) is 12.0. The molecule has 178 valence electrons. The van der Waals surface area contributed by atoms with E-state index in [-0.39, 0.29) is 22.5 Å². The molecule has 3 N–H and O–H groups in total. The largest absolute Gasteiger partial charge is 0.507 e. The van der Waals surface area contributed by atoms with E-state index in [0.717, 1.165) is 0 Å². The Bertz CT molecular complexity index is 1470. The van der Waals surface area contributed by atoms with Gasteiger partial charge < -0.3 is 15.2 Å². The zero-order chi connectivity index (χ0) is 25.0. The van der Waals surface area contributed by atoms with Crippen molar-refractivity contribution in [1.29, 1.82) is 0 Å². The number of amides is 1. The van der Waals surface area contributed by atoms with E-state index in [1.807, 2.05) is 0 Å². The number of aromatic nitrogens is 2. The van der Waals surface area contributed by atoms with Gasteiger partial charge in [-0.05, 0) is 66.7 Å². The molecular weight excluding hydrogens is 468 g/mol. The van der Waals surface area contributed by atoms with Crippen LogP contribution < -0.4 is 14.8 Å². The minimum absolute atomic E-state index is 0.00533. The maximum absolute atomic E-state index is 13.0. The summed E-state index contributed by atoms with van der Waals surface area (Å²) in [6.45, 7) is 1.36. The van der Waals surface area contributed by atoms with Crippen molar-refractivity contribution in [2.45, 2.75) is 11.8 Å². The predicted molar refractivity (Wildman–Crippen MR) is 133 cm³/mol. The lowest BCUT2D eigenvalue weighted by Crippen LogP contribution is -2.16. The number of phenols is 1. The second-order valence-corrected chi connectivity index (χ2v) is 9.20. The van der Waals surface area contributed by atoms with Crippen molar-refractivity contribution in [2.24, 2.45) is 0 Å². The van der Waals surface area contributed by atoms with Gasteiger partial charge in [0.25, 0.3) is 10.0 Å². The standard InChI is InChI=1S/C25H22N4O5S/c1-16(30)26-18-9-13-20(14-10-18)35(32,33)29-25-27-22(17-7-11-19(34-2)12-8-17)15-23(28-25)21-5-3-4-6-24(21)31/h3-15,31H,1-2H3,(H,26,30)(H,27,28,29). The Kier molecular flexibility index (Phi) is 6.65. The number of sulfonamides is 1. The average molecular weight is 491 g/mol. The van der Waals surface area contributed by atoms with Crippen molar-refractivity contribution in [2.75, 3.05) is 17.1 Å². The Morgan fingerprint density at radius 2 is 1.57 bits per heavy atom. The summed E-state index contributed by atoms with van der Waals surface area (Å²) in [4.78, 5) is 19.9. The van der Waals surface area contributed by atoms with Gasteiger partial charge in [-0.2, -0.15) is 0 Å². The number of ether oxygens (including phenoxy) is 1. The topological polar surface area (TPSA) is 131 Å². The lowest BCUT2D eigenvalue weighted by Gasteiger charge is -2.12. The number of hydrogen-bond acceptors (Lipinski definition) is 7. The zero-order valence-corrected chi connectivity index (χ0v) is 19.7. The molecule has 0 fully saturated rings. The van der Waals surface area contributed by atoms with Crippen LogP contribution in [0.15, 0.2) is 83.8 Å². The van der Waals surface area contributed by atoms with Gasteiger partial charge in [-0.15, -0.1) is 0 Å². The number of hydrogen-bond donors (Lipinski definition) is 3. The molecule has 0 aliphatic rings. The highest BCUT2D eigenvalue weighted by molar-refractivity contribution is 7.92. The summed E-state index contributed by atoms with van der Waals surface area (Å²) in [5.74, 6) is 0.225. The summed E-state index contributed by atoms with van der Waals surface area (Å²) in [7, 11) is -2.49. The minimum Gasteiger partial charge on any atom is -0.507 e. The van der Waals surface area contributed by atoms with Gasteiger partial charge in [0.2, 0.25) is 11.9 Å². The summed E-state index contributed by atoms with van der Waals surface area (Å²) >= 11 is 0. The number of aromatic hydroxyl groups is 1. The normalized spacial score (nSPS) is 11.0. The Hall–Kier alpha value is -4.44. The third kappa shape index (κ3) is 5.56. The lowest BCUT2D eigenvalue weighted by molar-refractivity contribution is -0.114. The van der Waals surface area contributed by atoms with E-state index < -0.39 is 10.0 Å². The van der Waals surface area contributed by atoms with Crippen molar-refractivity contribution in [3.63, 3.8) is 0 Å². The summed E-state index contributed by atoms with van der Waals surface area (Å²) < 4.78 is 33.7. The second kappa shape index (κ2) is 9.82. The number of anilines is 2. The van der Waals surface area contributed by atoms with Gasteiger partial charge in [-0.25, -0.2) is 23.1 Å². The number of benzene rings is 3. The van der Waals surface area contributed by atoms with E-state index in [1.54, 1.807) is 55.6 Å². The van der Waals surface area contributed by atoms with Crippen LogP contribution in [-0.4, -0.2) is 36.5 Å². The van der Waals surface area contributed by atoms with Gasteiger partial charge in [-0.3, -0.25) is 4.79 Å². The summed E-state index contributed by atoms with van der Waals surface area (Å²) in [6.07, 6.45) is 0. The van der Waals surface area contributed by atoms with Crippen LogP contribution >= 0.6 is 0 Å². The van der Waals surface area contributed by atoms with Crippen LogP contribution in [0.5, 0.6) is 11.5 Å². The van der Waals surface area contributed by atoms with E-state index >= 15 is 0 Å². The van der Waals surface area contributed by atoms with Gasteiger partial charge >= 0.3 is 0 Å². The summed E-state index contributed by atoms with van der Waals surface area (Å²) in [5, 5.41) is 12.9. The highest BCUT2D eigenvalue weighted by Crippen LogP contribution is 2.31. The highest BCUT2D eigenvalue weighted by Gasteiger charge is 2.18. The Labute approximate surface area is 202 Å². The number of para-hydroxylation sites is 1. The molecule has 9 nitrogen and oxygen atoms in total. The molecule has 0 aliphatic heterocycles. The molecule has 0 unspecified atom stereocenters. The molecule has 1 amide bonds. The van der Waals surface area contributed by atoms with Crippen molar-refractivity contribution in [1.82, 2.24) is 9.97 Å². The molecule has 0 spiro atoms. The second-order valence-electron chi connectivity index (χ2n) is 7.52. The monoisotopic (exact) mass is 490 g/mol. The molecule has 4 aromatic rings. The predicted octanol–water partition coefficient (Wildman–Crippen LogP) is 4.28. The smallest absolute Gasteiger partial charge is 0.264 e. The van der Waals surface area contributed by atoms with Crippen molar-refractivity contribution in [3.8, 4) is 34.0 Å². The molecule has 0 radical (unpaired) electrons. The molecule has 3 aromatic carbocycles. The van der Waals surface area contributed by atoms with Crippen LogP contribution in [-0.2, 0) is 14.8 Å². The molecule has 0 saturated heterocycles. The zero-order valence-electron chi connectivity index (χ0n) is 18.9. The van der Waals surface area contributed by atoms with Gasteiger partial charge in [-0.1, -0.05) is 12.1 Å². The molecular formula is C25H22N4O5S. The molecule has 4 rings (SSSR count). The van der Waals surface area contributed by atoms with Crippen LogP contribution in [0.25, 0.3) is 22.5 Å². The summed E-state index contributed by atoms with van der Waals surface area (Å²) in [6, 6.07) is 21.1. The number of methoxy groups -OCH3 is 1. The molecule has 1 heterocycles. The number of rotatable bonds is 7. The average Bonchev–Trinajstić information content (AvgIpc) is 2.84. The van der Waals surface area contributed by atoms with Crippen molar-refractivity contribution >= 4 is 27.6 Å². The quantitative estimate of drug-likeness (QED) is 0.352. The van der Waals surface area contributed by atoms with E-state index in [0.29, 0.717) is 34.0 Å². The molecule has 0 atom stereocenters. The third-order valence-electron chi connectivity index (χ3n) is 5.00. The molecule has 1 aromatic heterocycles. The van der Waals surface area contributed by atoms with Crippen LogP contribution in [0, 0.1) is 0 Å². The summed E-state index contributed by atoms with van der Waals surface area (Å²) in [5.41, 5.74) is 2.37. The fraction of sp³-hybridized carbons (Fsp3) is 0.0800. The number of nitrogens with one attached hydrogen (secondary N) is 2. The molecule has 0 bridgehead atoms. The lowest BCUT2D eigenvalue weighted by atomic mass is 10.1. The van der Waals surface area contributed by atoms with E-state index in [4.69, 9.17) is 4.74 Å². The Balaban J connectivity index is 1.74. The fourth-order valence-corrected chi connectivity index (χ4v) is 4.27. The van der Waals surface area contributed by atoms with Gasteiger partial charge in [0.15, 0.2) is 0 Å². The highest BCUT2D eigenvalue weighted by atomic mass is 32.2. The van der Waals surface area contributed by atoms with Crippen LogP contribution in [0.3, 0.4) is 0 Å². The number of phenolic OH excluding ortho intramolecular Hbond substituents is 1. The van der Waals surface area contributed by atoms with Gasteiger partial charge in [0.1, 0.15) is 11.5 Å². The van der Waals surface area contributed by atoms with E-state index in [9.17, 15) is 18.3 Å². The van der Waals surface area contributed by atoms with Crippen LogP contribution in [0.4, 0.5) is 11.6 Å². The first-order valence-electron chi connectivity index (χ1n) is 10.5. The van der Waals surface area contributed by atoms with Crippen molar-refractivity contribution < 1.29 is 23.1 Å². The number of carbonyl (C=O) groups excluding carboxylic acids is 1. The fourth-order valence-electron chi connectivity index (χ4n) is 3.33. The van der Waals surface area contributed by atoms with Crippen LogP contribution in [0.1, 0.15) is 6.92 Å².